The Kier molecular flexibility index (Phi) is 6.77. The molecule has 0 aliphatic carbocycles. The number of aromatic nitrogens is 3. The lowest BCUT2D eigenvalue weighted by atomic mass is 10.2. The minimum Gasteiger partial charge on any atom is -0.370 e. The molecular formula is C18H18FN5O2S2. The zero-order valence-electron chi connectivity index (χ0n) is 14.8. The molecule has 2 amide bonds. The molecule has 0 saturated carbocycles. The van der Waals surface area contributed by atoms with Crippen molar-refractivity contribution in [1.82, 2.24) is 20.1 Å². The number of benzene rings is 1. The predicted molar refractivity (Wildman–Crippen MR) is 106 cm³/mol. The number of carbonyl (C=O) groups is 2. The number of rotatable bonds is 9. The van der Waals surface area contributed by atoms with Gasteiger partial charge in [0.15, 0.2) is 11.0 Å². The number of thiophene rings is 1. The molecule has 2 aromatic heterocycles. The van der Waals surface area contributed by atoms with E-state index in [4.69, 9.17) is 5.73 Å². The number of nitrogens with one attached hydrogen (secondary N) is 1. The van der Waals surface area contributed by atoms with Crippen LogP contribution in [0.25, 0.3) is 10.7 Å². The predicted octanol–water partition coefficient (Wildman–Crippen LogP) is 2.43. The summed E-state index contributed by atoms with van der Waals surface area (Å²) in [6.07, 6.45) is 0.154. The molecule has 0 aliphatic heterocycles. The molecular weight excluding hydrogens is 401 g/mol. The largest absolute Gasteiger partial charge is 0.370 e. The number of amides is 2. The SMILES string of the molecule is NC(=O)CCn1c(SCC(=O)NCc2ccc(F)cc2)nnc1-c1cccs1. The third-order valence-electron chi connectivity index (χ3n) is 3.78. The zero-order valence-corrected chi connectivity index (χ0v) is 16.4. The van der Waals surface area contributed by atoms with Gasteiger partial charge in [0.25, 0.3) is 0 Å². The molecule has 146 valence electrons. The second-order valence-electron chi connectivity index (χ2n) is 5.84. The van der Waals surface area contributed by atoms with Gasteiger partial charge in [0.2, 0.25) is 11.8 Å². The molecule has 10 heteroatoms. The fourth-order valence-corrected chi connectivity index (χ4v) is 3.90. The number of hydrogen-bond acceptors (Lipinski definition) is 6. The van der Waals surface area contributed by atoms with Gasteiger partial charge in [-0.05, 0) is 29.1 Å². The molecule has 2 heterocycles. The molecule has 0 aliphatic rings. The van der Waals surface area contributed by atoms with Crippen molar-refractivity contribution < 1.29 is 14.0 Å². The van der Waals surface area contributed by atoms with E-state index < -0.39 is 5.91 Å². The van der Waals surface area contributed by atoms with Crippen LogP contribution in [0.4, 0.5) is 4.39 Å². The van der Waals surface area contributed by atoms with Gasteiger partial charge in [-0.25, -0.2) is 4.39 Å². The fourth-order valence-electron chi connectivity index (χ4n) is 2.39. The summed E-state index contributed by atoms with van der Waals surface area (Å²) in [5.41, 5.74) is 6.08. The lowest BCUT2D eigenvalue weighted by Gasteiger charge is -2.08. The Morgan fingerprint density at radius 3 is 2.68 bits per heavy atom. The van der Waals surface area contributed by atoms with Gasteiger partial charge in [-0.1, -0.05) is 30.0 Å². The highest BCUT2D eigenvalue weighted by molar-refractivity contribution is 7.99. The Hall–Kier alpha value is -2.72. The highest BCUT2D eigenvalue weighted by Gasteiger charge is 2.16. The van der Waals surface area contributed by atoms with Crippen molar-refractivity contribution in [1.29, 1.82) is 0 Å². The summed E-state index contributed by atoms with van der Waals surface area (Å²) in [6, 6.07) is 9.77. The number of thioether (sulfide) groups is 1. The molecule has 1 aromatic carbocycles. The highest BCUT2D eigenvalue weighted by atomic mass is 32.2. The molecule has 3 aromatic rings. The van der Waals surface area contributed by atoms with Gasteiger partial charge in [0.1, 0.15) is 5.82 Å². The Morgan fingerprint density at radius 1 is 1.21 bits per heavy atom. The van der Waals surface area contributed by atoms with Crippen molar-refractivity contribution in [2.75, 3.05) is 5.75 Å². The third-order valence-corrected chi connectivity index (χ3v) is 5.61. The minimum atomic E-state index is -0.418. The molecule has 0 bridgehead atoms. The van der Waals surface area contributed by atoms with Crippen LogP contribution in [0.1, 0.15) is 12.0 Å². The monoisotopic (exact) mass is 419 g/mol. The summed E-state index contributed by atoms with van der Waals surface area (Å²) in [5.74, 6) is -0.136. The highest BCUT2D eigenvalue weighted by Crippen LogP contribution is 2.27. The van der Waals surface area contributed by atoms with Crippen molar-refractivity contribution >= 4 is 34.9 Å². The van der Waals surface area contributed by atoms with Crippen LogP contribution in [-0.2, 0) is 22.7 Å². The van der Waals surface area contributed by atoms with E-state index in [1.54, 1.807) is 16.7 Å². The Bertz CT molecular complexity index is 942. The molecule has 0 fully saturated rings. The molecule has 0 unspecified atom stereocenters. The van der Waals surface area contributed by atoms with Gasteiger partial charge in [-0.2, -0.15) is 0 Å². The standard InChI is InChI=1S/C18H18FN5O2S2/c19-13-5-3-12(4-6-13)10-21-16(26)11-28-18-23-22-17(14-2-1-9-27-14)24(18)8-7-15(20)25/h1-6,9H,7-8,10-11H2,(H2,20,25)(H,21,26). The molecule has 0 radical (unpaired) electrons. The number of primary amides is 1. The smallest absolute Gasteiger partial charge is 0.230 e. The first-order valence-electron chi connectivity index (χ1n) is 8.42. The first-order chi connectivity index (χ1) is 13.5. The number of nitrogens with two attached hydrogens (primary N) is 1. The van der Waals surface area contributed by atoms with Crippen molar-refractivity contribution in [3.63, 3.8) is 0 Å². The van der Waals surface area contributed by atoms with E-state index in [-0.39, 0.29) is 23.9 Å². The van der Waals surface area contributed by atoms with Crippen molar-refractivity contribution in [2.24, 2.45) is 5.73 Å². The first-order valence-corrected chi connectivity index (χ1v) is 10.3. The van der Waals surface area contributed by atoms with Crippen molar-refractivity contribution in [3.05, 3.63) is 53.2 Å². The number of nitrogens with zero attached hydrogens (tertiary/aromatic N) is 3. The maximum atomic E-state index is 12.9. The summed E-state index contributed by atoms with van der Waals surface area (Å²) >= 11 is 2.75. The molecule has 0 spiro atoms. The molecule has 3 N–H and O–H groups in total. The lowest BCUT2D eigenvalue weighted by Crippen LogP contribution is -2.24. The van der Waals surface area contributed by atoms with Gasteiger partial charge in [-0.15, -0.1) is 21.5 Å². The Balaban J connectivity index is 1.61. The summed E-state index contributed by atoms with van der Waals surface area (Å²) in [7, 11) is 0. The maximum absolute atomic E-state index is 12.9. The number of hydrogen-bond donors (Lipinski definition) is 2. The topological polar surface area (TPSA) is 103 Å². The Labute approximate surface area is 169 Å². The van der Waals surface area contributed by atoms with Gasteiger partial charge in [0, 0.05) is 19.5 Å². The van der Waals surface area contributed by atoms with E-state index in [9.17, 15) is 14.0 Å². The first kappa shape index (κ1) is 20.0. The van der Waals surface area contributed by atoms with E-state index in [0.717, 1.165) is 10.4 Å². The van der Waals surface area contributed by atoms with E-state index in [1.807, 2.05) is 17.5 Å². The zero-order chi connectivity index (χ0) is 19.9. The summed E-state index contributed by atoms with van der Waals surface area (Å²) < 4.78 is 14.7. The van der Waals surface area contributed by atoms with Crippen LogP contribution in [-0.4, -0.2) is 32.3 Å². The van der Waals surface area contributed by atoms with Crippen LogP contribution in [0.3, 0.4) is 0 Å². The van der Waals surface area contributed by atoms with E-state index in [0.29, 0.717) is 24.1 Å². The summed E-state index contributed by atoms with van der Waals surface area (Å²) in [6.45, 7) is 0.656. The summed E-state index contributed by atoms with van der Waals surface area (Å²) in [5, 5.41) is 13.6. The normalized spacial score (nSPS) is 10.8. The van der Waals surface area contributed by atoms with E-state index in [2.05, 4.69) is 15.5 Å². The van der Waals surface area contributed by atoms with Gasteiger partial charge >= 0.3 is 0 Å². The van der Waals surface area contributed by atoms with Crippen LogP contribution in [0, 0.1) is 5.82 Å². The minimum absolute atomic E-state index is 0.139. The van der Waals surface area contributed by atoms with Crippen LogP contribution < -0.4 is 11.1 Å². The second-order valence-corrected chi connectivity index (χ2v) is 7.73. The Morgan fingerprint density at radius 2 is 2.00 bits per heavy atom. The average Bonchev–Trinajstić information content (AvgIpc) is 3.33. The quantitative estimate of drug-likeness (QED) is 0.519. The molecule has 3 rings (SSSR count). The molecule has 7 nitrogen and oxygen atoms in total. The third kappa shape index (κ3) is 5.40. The van der Waals surface area contributed by atoms with Crippen molar-refractivity contribution in [3.8, 4) is 10.7 Å². The van der Waals surface area contributed by atoms with E-state index >= 15 is 0 Å². The van der Waals surface area contributed by atoms with E-state index in [1.165, 1.54) is 35.2 Å². The van der Waals surface area contributed by atoms with Crippen LogP contribution in [0.5, 0.6) is 0 Å². The fraction of sp³-hybridized carbons (Fsp3) is 0.222. The number of carbonyl (C=O) groups excluding carboxylic acids is 2. The van der Waals surface area contributed by atoms with Gasteiger partial charge in [-0.3, -0.25) is 9.59 Å². The molecule has 0 saturated heterocycles. The summed E-state index contributed by atoms with van der Waals surface area (Å²) in [4.78, 5) is 24.2. The molecule has 0 atom stereocenters. The average molecular weight is 420 g/mol. The van der Waals surface area contributed by atoms with Gasteiger partial charge < -0.3 is 15.6 Å². The molecule has 28 heavy (non-hydrogen) atoms. The van der Waals surface area contributed by atoms with Crippen LogP contribution >= 0.6 is 23.1 Å². The second kappa shape index (κ2) is 9.47. The lowest BCUT2D eigenvalue weighted by molar-refractivity contribution is -0.119. The van der Waals surface area contributed by atoms with Crippen LogP contribution in [0.2, 0.25) is 0 Å². The number of halogens is 1. The maximum Gasteiger partial charge on any atom is 0.230 e. The van der Waals surface area contributed by atoms with Crippen molar-refractivity contribution in [2.45, 2.75) is 24.7 Å². The van der Waals surface area contributed by atoms with Gasteiger partial charge in [0.05, 0.1) is 10.6 Å². The van der Waals surface area contributed by atoms with Crippen LogP contribution in [0.15, 0.2) is 46.9 Å².